The van der Waals surface area contributed by atoms with Gasteiger partial charge in [-0.3, -0.25) is 14.5 Å². The van der Waals surface area contributed by atoms with Gasteiger partial charge in [0, 0.05) is 31.0 Å². The maximum atomic E-state index is 13.0. The van der Waals surface area contributed by atoms with Crippen molar-refractivity contribution in [2.24, 2.45) is 5.92 Å². The van der Waals surface area contributed by atoms with E-state index in [0.717, 1.165) is 5.75 Å². The first-order valence-electron chi connectivity index (χ1n) is 9.94. The zero-order valence-corrected chi connectivity index (χ0v) is 18.0. The van der Waals surface area contributed by atoms with Crippen LogP contribution in [0.1, 0.15) is 37.6 Å². The van der Waals surface area contributed by atoms with Crippen molar-refractivity contribution in [1.29, 1.82) is 0 Å². The SMILES string of the molecule is CC(C)(C)OC(=O)N1CC(CNC(=O)c2ccccc2)CC1C(=O)N1CCSC1. The van der Waals surface area contributed by atoms with E-state index < -0.39 is 17.7 Å². The molecule has 2 unspecified atom stereocenters. The lowest BCUT2D eigenvalue weighted by Gasteiger charge is -2.29. The molecule has 0 radical (unpaired) electrons. The van der Waals surface area contributed by atoms with Crippen molar-refractivity contribution in [2.75, 3.05) is 31.3 Å². The van der Waals surface area contributed by atoms with Gasteiger partial charge in [-0.05, 0) is 45.2 Å². The molecule has 3 amide bonds. The molecule has 0 aromatic heterocycles. The van der Waals surface area contributed by atoms with E-state index in [2.05, 4.69) is 5.32 Å². The summed E-state index contributed by atoms with van der Waals surface area (Å²) in [6, 6.07) is 8.47. The molecule has 3 rings (SSSR count). The van der Waals surface area contributed by atoms with Gasteiger partial charge < -0.3 is 15.0 Å². The molecule has 8 heteroatoms. The number of carbonyl (C=O) groups is 3. The molecule has 2 saturated heterocycles. The number of amides is 3. The van der Waals surface area contributed by atoms with E-state index in [1.807, 2.05) is 39.0 Å². The predicted octanol–water partition coefficient (Wildman–Crippen LogP) is 2.57. The van der Waals surface area contributed by atoms with E-state index in [4.69, 9.17) is 4.74 Å². The summed E-state index contributed by atoms with van der Waals surface area (Å²) in [5.41, 5.74) is -0.0374. The van der Waals surface area contributed by atoms with E-state index in [1.165, 1.54) is 4.90 Å². The zero-order valence-electron chi connectivity index (χ0n) is 17.2. The molecule has 0 aliphatic carbocycles. The van der Waals surface area contributed by atoms with Crippen molar-refractivity contribution < 1.29 is 19.1 Å². The topological polar surface area (TPSA) is 79.0 Å². The lowest BCUT2D eigenvalue weighted by Crippen LogP contribution is -2.48. The van der Waals surface area contributed by atoms with Crippen LogP contribution in [0.25, 0.3) is 0 Å². The highest BCUT2D eigenvalue weighted by molar-refractivity contribution is 7.99. The second kappa shape index (κ2) is 9.07. The van der Waals surface area contributed by atoms with Gasteiger partial charge in [-0.1, -0.05) is 18.2 Å². The fraction of sp³-hybridized carbons (Fsp3) is 0.571. The van der Waals surface area contributed by atoms with Crippen molar-refractivity contribution >= 4 is 29.7 Å². The maximum absolute atomic E-state index is 13.0. The summed E-state index contributed by atoms with van der Waals surface area (Å²) in [7, 11) is 0. The smallest absolute Gasteiger partial charge is 0.410 e. The zero-order chi connectivity index (χ0) is 21.0. The number of ether oxygens (including phenoxy) is 1. The second-order valence-electron chi connectivity index (χ2n) is 8.47. The van der Waals surface area contributed by atoms with Crippen LogP contribution >= 0.6 is 11.8 Å². The normalized spacial score (nSPS) is 21.9. The molecule has 29 heavy (non-hydrogen) atoms. The van der Waals surface area contributed by atoms with E-state index in [-0.39, 0.29) is 17.7 Å². The van der Waals surface area contributed by atoms with Gasteiger partial charge in [-0.2, -0.15) is 0 Å². The molecular formula is C21H29N3O4S. The Morgan fingerprint density at radius 2 is 1.93 bits per heavy atom. The number of hydrogen-bond donors (Lipinski definition) is 1. The van der Waals surface area contributed by atoms with Crippen molar-refractivity contribution in [3.8, 4) is 0 Å². The van der Waals surface area contributed by atoms with Crippen LogP contribution in [0.5, 0.6) is 0 Å². The summed E-state index contributed by atoms with van der Waals surface area (Å²) in [6.45, 7) is 6.94. The van der Waals surface area contributed by atoms with E-state index in [9.17, 15) is 14.4 Å². The largest absolute Gasteiger partial charge is 0.444 e. The fourth-order valence-electron chi connectivity index (χ4n) is 3.55. The third-order valence-corrected chi connectivity index (χ3v) is 5.92. The molecule has 1 aromatic rings. The van der Waals surface area contributed by atoms with Crippen LogP contribution in [0.15, 0.2) is 30.3 Å². The van der Waals surface area contributed by atoms with Crippen LogP contribution in [0.2, 0.25) is 0 Å². The molecule has 7 nitrogen and oxygen atoms in total. The Balaban J connectivity index is 1.66. The molecule has 2 heterocycles. The number of nitrogens with one attached hydrogen (secondary N) is 1. The third kappa shape index (κ3) is 5.65. The summed E-state index contributed by atoms with van der Waals surface area (Å²) in [5.74, 6) is 1.39. The van der Waals surface area contributed by atoms with Crippen LogP contribution in [0.4, 0.5) is 4.79 Å². The van der Waals surface area contributed by atoms with Gasteiger partial charge in [0.15, 0.2) is 0 Å². The van der Waals surface area contributed by atoms with E-state index in [0.29, 0.717) is 37.5 Å². The summed E-state index contributed by atoms with van der Waals surface area (Å²) in [5, 5.41) is 2.93. The lowest BCUT2D eigenvalue weighted by molar-refractivity contribution is -0.134. The second-order valence-corrected chi connectivity index (χ2v) is 9.54. The molecule has 158 valence electrons. The van der Waals surface area contributed by atoms with E-state index in [1.54, 1.807) is 28.8 Å². The number of thioether (sulfide) groups is 1. The average Bonchev–Trinajstić information content (AvgIpc) is 3.35. The summed E-state index contributed by atoms with van der Waals surface area (Å²) < 4.78 is 5.53. The number of carbonyl (C=O) groups excluding carboxylic acids is 3. The molecule has 2 aliphatic rings. The van der Waals surface area contributed by atoms with Gasteiger partial charge in [0.05, 0.1) is 5.88 Å². The van der Waals surface area contributed by atoms with Crippen LogP contribution < -0.4 is 5.32 Å². The minimum atomic E-state index is -0.631. The van der Waals surface area contributed by atoms with Crippen LogP contribution in [0.3, 0.4) is 0 Å². The Morgan fingerprint density at radius 1 is 1.21 bits per heavy atom. The molecule has 2 atom stereocenters. The van der Waals surface area contributed by atoms with E-state index >= 15 is 0 Å². The Hall–Kier alpha value is -2.22. The molecule has 0 bridgehead atoms. The van der Waals surface area contributed by atoms with Crippen molar-refractivity contribution in [1.82, 2.24) is 15.1 Å². The standard InChI is InChI=1S/C21H29N3O4S/c1-21(2,3)28-20(27)24-13-15(11-17(24)19(26)23-9-10-29-14-23)12-22-18(25)16-7-5-4-6-8-16/h4-8,15,17H,9-14H2,1-3H3,(H,22,25). The molecule has 0 saturated carbocycles. The quantitative estimate of drug-likeness (QED) is 0.812. The first-order valence-corrected chi connectivity index (χ1v) is 11.1. The van der Waals surface area contributed by atoms with Crippen LogP contribution in [-0.4, -0.2) is 70.6 Å². The minimum Gasteiger partial charge on any atom is -0.444 e. The first kappa shape index (κ1) is 21.5. The summed E-state index contributed by atoms with van der Waals surface area (Å²) >= 11 is 1.71. The van der Waals surface area contributed by atoms with Crippen molar-refractivity contribution in [3.63, 3.8) is 0 Å². The third-order valence-electron chi connectivity index (χ3n) is 4.95. The van der Waals surface area contributed by atoms with Gasteiger partial charge in [0.2, 0.25) is 5.91 Å². The lowest BCUT2D eigenvalue weighted by atomic mass is 10.0. The van der Waals surface area contributed by atoms with Gasteiger partial charge in [0.1, 0.15) is 11.6 Å². The Kier molecular flexibility index (Phi) is 6.72. The number of hydrogen-bond acceptors (Lipinski definition) is 5. The monoisotopic (exact) mass is 419 g/mol. The van der Waals surface area contributed by atoms with Gasteiger partial charge >= 0.3 is 6.09 Å². The Morgan fingerprint density at radius 3 is 2.55 bits per heavy atom. The minimum absolute atomic E-state index is 0.000568. The average molecular weight is 420 g/mol. The molecule has 1 N–H and O–H groups in total. The van der Waals surface area contributed by atoms with Gasteiger partial charge in [-0.25, -0.2) is 4.79 Å². The summed E-state index contributed by atoms with van der Waals surface area (Å²) in [6.07, 6.45) is 0.0495. The highest BCUT2D eigenvalue weighted by Gasteiger charge is 2.43. The number of likely N-dealkylation sites (tertiary alicyclic amines) is 1. The number of nitrogens with zero attached hydrogens (tertiary/aromatic N) is 2. The molecule has 0 spiro atoms. The van der Waals surface area contributed by atoms with Gasteiger partial charge in [0.25, 0.3) is 5.91 Å². The van der Waals surface area contributed by atoms with Gasteiger partial charge in [-0.15, -0.1) is 11.8 Å². The van der Waals surface area contributed by atoms with Crippen LogP contribution in [0, 0.1) is 5.92 Å². The Labute approximate surface area is 176 Å². The van der Waals surface area contributed by atoms with Crippen molar-refractivity contribution in [2.45, 2.75) is 38.8 Å². The molecule has 2 aliphatic heterocycles. The Bertz CT molecular complexity index is 744. The fourth-order valence-corrected chi connectivity index (χ4v) is 4.51. The molecule has 2 fully saturated rings. The highest BCUT2D eigenvalue weighted by Crippen LogP contribution is 2.28. The number of benzene rings is 1. The maximum Gasteiger partial charge on any atom is 0.410 e. The predicted molar refractivity (Wildman–Crippen MR) is 113 cm³/mol. The highest BCUT2D eigenvalue weighted by atomic mass is 32.2. The summed E-state index contributed by atoms with van der Waals surface area (Å²) in [4.78, 5) is 41.4. The van der Waals surface area contributed by atoms with Crippen LogP contribution in [-0.2, 0) is 9.53 Å². The number of rotatable bonds is 4. The van der Waals surface area contributed by atoms with Crippen molar-refractivity contribution in [3.05, 3.63) is 35.9 Å². The molecule has 1 aromatic carbocycles. The molecular weight excluding hydrogens is 390 g/mol. The first-order chi connectivity index (χ1) is 13.7.